The molecule has 2 fully saturated rings. The van der Waals surface area contributed by atoms with Gasteiger partial charge in [-0.1, -0.05) is 37.3 Å². The third kappa shape index (κ3) is 5.47. The molecule has 0 spiro atoms. The molecule has 2 saturated heterocycles. The molecule has 0 radical (unpaired) electrons. The zero-order valence-corrected chi connectivity index (χ0v) is 21.3. The molecule has 1 atom stereocenters. The van der Waals surface area contributed by atoms with E-state index < -0.39 is 0 Å². The summed E-state index contributed by atoms with van der Waals surface area (Å²) in [5.74, 6) is 1.52. The van der Waals surface area contributed by atoms with E-state index in [0.717, 1.165) is 70.0 Å². The molecule has 188 valence electrons. The highest BCUT2D eigenvalue weighted by Crippen LogP contribution is 2.34. The summed E-state index contributed by atoms with van der Waals surface area (Å²) in [4.78, 5) is 12.3. The molecule has 4 heterocycles. The van der Waals surface area contributed by atoms with Crippen LogP contribution in [0, 0.1) is 5.92 Å². The average Bonchev–Trinajstić information content (AvgIpc) is 3.38. The van der Waals surface area contributed by atoms with Crippen LogP contribution >= 0.6 is 12.4 Å². The highest BCUT2D eigenvalue weighted by Gasteiger charge is 2.30. The summed E-state index contributed by atoms with van der Waals surface area (Å²) in [5, 5.41) is 17.1. The van der Waals surface area contributed by atoms with Crippen LogP contribution in [0.3, 0.4) is 0 Å². The van der Waals surface area contributed by atoms with E-state index in [2.05, 4.69) is 80.5 Å². The Balaban J connectivity index is 0.00000289. The molecule has 7 nitrogen and oxygen atoms in total. The van der Waals surface area contributed by atoms with Gasteiger partial charge in [-0.05, 0) is 42.9 Å². The minimum Gasteiger partial charge on any atom is -0.396 e. The molecule has 1 unspecified atom stereocenters. The second kappa shape index (κ2) is 11.9. The first-order valence-corrected chi connectivity index (χ1v) is 12.7. The third-order valence-corrected chi connectivity index (χ3v) is 7.46. The molecule has 0 bridgehead atoms. The van der Waals surface area contributed by atoms with Crippen LogP contribution < -0.4 is 9.80 Å². The zero-order chi connectivity index (χ0) is 23.3. The number of hydrogen-bond donors (Lipinski definition) is 2. The molecular weight excluding hydrogens is 460 g/mol. The van der Waals surface area contributed by atoms with E-state index in [0.29, 0.717) is 12.5 Å². The number of hydrogen-bond acceptors (Lipinski definition) is 6. The number of benzene rings is 1. The molecule has 2 aromatic heterocycles. The minimum atomic E-state index is 0. The highest BCUT2D eigenvalue weighted by molar-refractivity contribution is 5.85. The Morgan fingerprint density at radius 1 is 0.971 bits per heavy atom. The van der Waals surface area contributed by atoms with Crippen LogP contribution in [0.15, 0.2) is 54.9 Å². The van der Waals surface area contributed by atoms with Crippen LogP contribution in [0.5, 0.6) is 0 Å². The number of aliphatic hydroxyl groups excluding tert-OH is 1. The summed E-state index contributed by atoms with van der Waals surface area (Å²) in [6.45, 7) is 8.29. The number of aliphatic hydroxyl groups is 1. The molecule has 5 rings (SSSR count). The van der Waals surface area contributed by atoms with E-state index in [1.807, 2.05) is 6.20 Å². The summed E-state index contributed by atoms with van der Waals surface area (Å²) in [6.07, 6.45) is 6.98. The van der Waals surface area contributed by atoms with Gasteiger partial charge in [-0.25, -0.2) is 4.98 Å². The largest absolute Gasteiger partial charge is 0.396 e. The van der Waals surface area contributed by atoms with Crippen molar-refractivity contribution in [3.05, 3.63) is 71.7 Å². The van der Waals surface area contributed by atoms with Crippen molar-refractivity contribution in [1.82, 2.24) is 20.1 Å². The average molecular weight is 497 g/mol. The topological polar surface area (TPSA) is 71.5 Å². The smallest absolute Gasteiger partial charge is 0.152 e. The molecule has 8 heteroatoms. The molecule has 0 saturated carbocycles. The van der Waals surface area contributed by atoms with Gasteiger partial charge in [0.2, 0.25) is 0 Å². The molecule has 1 aromatic carbocycles. The number of aromatic amines is 1. The van der Waals surface area contributed by atoms with Crippen molar-refractivity contribution in [3.8, 4) is 0 Å². The van der Waals surface area contributed by atoms with E-state index in [4.69, 9.17) is 4.98 Å². The molecule has 0 aliphatic carbocycles. The van der Waals surface area contributed by atoms with Crippen LogP contribution in [0.2, 0.25) is 0 Å². The number of halogens is 1. The van der Waals surface area contributed by atoms with Crippen LogP contribution in [0.1, 0.15) is 42.6 Å². The summed E-state index contributed by atoms with van der Waals surface area (Å²) in [7, 11) is 0. The lowest BCUT2D eigenvalue weighted by Gasteiger charge is -2.42. The van der Waals surface area contributed by atoms with Gasteiger partial charge in [-0.3, -0.25) is 10.00 Å². The number of aromatic nitrogens is 3. The minimum absolute atomic E-state index is 0. The van der Waals surface area contributed by atoms with Gasteiger partial charge in [0.25, 0.3) is 0 Å². The number of pyridine rings is 1. The maximum absolute atomic E-state index is 9.51. The Labute approximate surface area is 214 Å². The van der Waals surface area contributed by atoms with Crippen molar-refractivity contribution < 1.29 is 5.11 Å². The molecule has 2 aliphatic heterocycles. The fourth-order valence-electron chi connectivity index (χ4n) is 5.50. The number of piperazine rings is 1. The number of anilines is 2. The SMILES string of the molecule is CCc1n[nH]cc1C(c1ccccc1)N1CCN(c2cccnc2N2CCC(CO)CC2)CC1.Cl. The van der Waals surface area contributed by atoms with Gasteiger partial charge in [0.15, 0.2) is 5.82 Å². The summed E-state index contributed by atoms with van der Waals surface area (Å²) in [6, 6.07) is 15.3. The Morgan fingerprint density at radius 3 is 2.40 bits per heavy atom. The van der Waals surface area contributed by atoms with Crippen LogP contribution in [-0.2, 0) is 6.42 Å². The van der Waals surface area contributed by atoms with Crippen LogP contribution in [-0.4, -0.2) is 71.1 Å². The summed E-state index contributed by atoms with van der Waals surface area (Å²) < 4.78 is 0. The van der Waals surface area contributed by atoms with Crippen molar-refractivity contribution in [2.24, 2.45) is 5.92 Å². The predicted octanol–water partition coefficient (Wildman–Crippen LogP) is 3.91. The fraction of sp³-hybridized carbons (Fsp3) is 0.481. The van der Waals surface area contributed by atoms with Gasteiger partial charge in [0.05, 0.1) is 17.4 Å². The van der Waals surface area contributed by atoms with Crippen LogP contribution in [0.25, 0.3) is 0 Å². The number of H-pyrrole nitrogens is 1. The maximum Gasteiger partial charge on any atom is 0.152 e. The molecule has 3 aromatic rings. The summed E-state index contributed by atoms with van der Waals surface area (Å²) >= 11 is 0. The number of rotatable bonds is 7. The number of nitrogens with zero attached hydrogens (tertiary/aromatic N) is 5. The quantitative estimate of drug-likeness (QED) is 0.516. The number of aryl methyl sites for hydroxylation is 1. The molecular formula is C27H37ClN6O. The van der Waals surface area contributed by atoms with E-state index in [-0.39, 0.29) is 18.4 Å². The van der Waals surface area contributed by atoms with Crippen molar-refractivity contribution in [2.75, 3.05) is 55.7 Å². The maximum atomic E-state index is 9.51. The highest BCUT2D eigenvalue weighted by atomic mass is 35.5. The second-order valence-electron chi connectivity index (χ2n) is 9.44. The first-order valence-electron chi connectivity index (χ1n) is 12.7. The first kappa shape index (κ1) is 25.5. The summed E-state index contributed by atoms with van der Waals surface area (Å²) in [5.41, 5.74) is 4.99. The van der Waals surface area contributed by atoms with Gasteiger partial charge in [0, 0.05) is 63.8 Å². The Morgan fingerprint density at radius 2 is 1.71 bits per heavy atom. The monoisotopic (exact) mass is 496 g/mol. The molecule has 0 amide bonds. The normalized spacial score (nSPS) is 18.3. The van der Waals surface area contributed by atoms with Crippen molar-refractivity contribution in [2.45, 2.75) is 32.2 Å². The van der Waals surface area contributed by atoms with Crippen molar-refractivity contribution >= 4 is 23.9 Å². The van der Waals surface area contributed by atoms with E-state index in [1.165, 1.54) is 16.8 Å². The molecule has 35 heavy (non-hydrogen) atoms. The predicted molar refractivity (Wildman–Crippen MR) is 144 cm³/mol. The van der Waals surface area contributed by atoms with Crippen molar-refractivity contribution in [1.29, 1.82) is 0 Å². The zero-order valence-electron chi connectivity index (χ0n) is 20.5. The van der Waals surface area contributed by atoms with E-state index in [1.54, 1.807) is 0 Å². The van der Waals surface area contributed by atoms with Gasteiger partial charge in [0.1, 0.15) is 0 Å². The van der Waals surface area contributed by atoms with E-state index in [9.17, 15) is 5.11 Å². The Kier molecular flexibility index (Phi) is 8.65. The van der Waals surface area contributed by atoms with Gasteiger partial charge >= 0.3 is 0 Å². The van der Waals surface area contributed by atoms with Crippen LogP contribution in [0.4, 0.5) is 11.5 Å². The number of piperidine rings is 1. The van der Waals surface area contributed by atoms with Gasteiger partial charge in [-0.15, -0.1) is 12.4 Å². The lowest BCUT2D eigenvalue weighted by molar-refractivity contribution is 0.202. The Hall–Kier alpha value is -2.61. The van der Waals surface area contributed by atoms with Gasteiger partial charge in [-0.2, -0.15) is 5.10 Å². The fourth-order valence-corrected chi connectivity index (χ4v) is 5.50. The lowest BCUT2D eigenvalue weighted by atomic mass is 9.96. The second-order valence-corrected chi connectivity index (χ2v) is 9.44. The first-order chi connectivity index (χ1) is 16.8. The molecule has 2 N–H and O–H groups in total. The van der Waals surface area contributed by atoms with E-state index >= 15 is 0 Å². The van der Waals surface area contributed by atoms with Crippen molar-refractivity contribution in [3.63, 3.8) is 0 Å². The number of nitrogens with one attached hydrogen (secondary N) is 1. The lowest BCUT2D eigenvalue weighted by Crippen LogP contribution is -2.48. The Bertz CT molecular complexity index is 1040. The van der Waals surface area contributed by atoms with Gasteiger partial charge < -0.3 is 14.9 Å². The standard InChI is InChI=1S/C27H36N6O.ClH/c1-2-24-23(19-29-30-24)26(22-7-4-3-5-8-22)32-17-15-31(16-18-32)25-9-6-12-28-27(25)33-13-10-21(20-34)11-14-33;/h3-9,12,19,21,26,34H,2,10-11,13-18,20H2,1H3,(H,29,30);1H. The third-order valence-electron chi connectivity index (χ3n) is 7.46. The molecule has 2 aliphatic rings.